The van der Waals surface area contributed by atoms with Gasteiger partial charge in [0.2, 0.25) is 5.78 Å². The number of ketones is 1. The first-order chi connectivity index (χ1) is 12.8. The van der Waals surface area contributed by atoms with Gasteiger partial charge in [-0.1, -0.05) is 0 Å². The van der Waals surface area contributed by atoms with Gasteiger partial charge in [0.25, 0.3) is 5.56 Å². The fourth-order valence-electron chi connectivity index (χ4n) is 3.76. The van der Waals surface area contributed by atoms with Gasteiger partial charge in [-0.3, -0.25) is 18.6 Å². The van der Waals surface area contributed by atoms with E-state index in [2.05, 4.69) is 4.98 Å². The average Bonchev–Trinajstić information content (AvgIpc) is 3.31. The molecule has 27 heavy (non-hydrogen) atoms. The average molecular weight is 373 g/mol. The molecule has 0 bridgehead atoms. The standard InChI is InChI=1S/C18H23N5O4/c1-10-8-22-14-15(19-17(22)21(10)9-13-6-5-7-27-13)20(4)18(26)23(16(14)25)11(2)12(3)24/h8,11,13H,5-7,9H2,1-4H3. The Kier molecular flexibility index (Phi) is 4.06. The molecule has 9 nitrogen and oxygen atoms in total. The Morgan fingerprint density at radius 2 is 2.15 bits per heavy atom. The zero-order valence-corrected chi connectivity index (χ0v) is 15.9. The van der Waals surface area contributed by atoms with Crippen LogP contribution in [-0.4, -0.2) is 41.6 Å². The molecule has 0 spiro atoms. The van der Waals surface area contributed by atoms with E-state index in [1.54, 1.807) is 18.4 Å². The summed E-state index contributed by atoms with van der Waals surface area (Å²) in [5, 5.41) is 0. The number of carbonyl (C=O) groups is 1. The minimum Gasteiger partial charge on any atom is -0.376 e. The van der Waals surface area contributed by atoms with E-state index >= 15 is 0 Å². The number of Topliss-reactive ketones (excluding diaryl/α,β-unsaturated/α-hetero) is 1. The minimum atomic E-state index is -0.832. The molecular formula is C18H23N5O4. The topological polar surface area (TPSA) is 92.5 Å². The maximum Gasteiger partial charge on any atom is 0.333 e. The zero-order chi connectivity index (χ0) is 19.5. The van der Waals surface area contributed by atoms with Crippen molar-refractivity contribution in [3.8, 4) is 0 Å². The van der Waals surface area contributed by atoms with Crippen molar-refractivity contribution < 1.29 is 9.53 Å². The summed E-state index contributed by atoms with van der Waals surface area (Å²) in [6.07, 6.45) is 4.00. The van der Waals surface area contributed by atoms with Crippen LogP contribution in [-0.2, 0) is 23.1 Å². The van der Waals surface area contributed by atoms with Crippen LogP contribution in [0.5, 0.6) is 0 Å². The predicted octanol–water partition coefficient (Wildman–Crippen LogP) is 0.787. The van der Waals surface area contributed by atoms with E-state index in [1.165, 1.54) is 11.5 Å². The second-order valence-electron chi connectivity index (χ2n) is 7.27. The number of fused-ring (bicyclic) bond motifs is 3. The summed E-state index contributed by atoms with van der Waals surface area (Å²) in [6, 6.07) is -0.832. The lowest BCUT2D eigenvalue weighted by molar-refractivity contribution is -0.119. The first kappa shape index (κ1) is 17.7. The summed E-state index contributed by atoms with van der Waals surface area (Å²) >= 11 is 0. The number of aryl methyl sites for hydroxylation is 2. The molecule has 1 fully saturated rings. The quantitative estimate of drug-likeness (QED) is 0.674. The molecule has 1 aliphatic heterocycles. The van der Waals surface area contributed by atoms with Crippen LogP contribution in [0.25, 0.3) is 16.9 Å². The summed E-state index contributed by atoms with van der Waals surface area (Å²) < 4.78 is 11.8. The number of hydrogen-bond acceptors (Lipinski definition) is 5. The van der Waals surface area contributed by atoms with Gasteiger partial charge < -0.3 is 9.30 Å². The number of carbonyl (C=O) groups excluding carboxylic acids is 1. The van der Waals surface area contributed by atoms with Crippen molar-refractivity contribution in [3.63, 3.8) is 0 Å². The van der Waals surface area contributed by atoms with E-state index in [9.17, 15) is 14.4 Å². The molecule has 0 radical (unpaired) electrons. The van der Waals surface area contributed by atoms with E-state index in [0.29, 0.717) is 23.5 Å². The highest BCUT2D eigenvalue weighted by Crippen LogP contribution is 2.20. The maximum atomic E-state index is 13.1. The van der Waals surface area contributed by atoms with Crippen molar-refractivity contribution >= 4 is 22.7 Å². The fourth-order valence-corrected chi connectivity index (χ4v) is 3.76. The summed E-state index contributed by atoms with van der Waals surface area (Å²) in [5.74, 6) is 0.347. The van der Waals surface area contributed by atoms with Gasteiger partial charge in [0.15, 0.2) is 16.9 Å². The smallest absolute Gasteiger partial charge is 0.333 e. The second kappa shape index (κ2) is 6.19. The highest BCUT2D eigenvalue weighted by molar-refractivity contribution is 5.80. The summed E-state index contributed by atoms with van der Waals surface area (Å²) in [6.45, 7) is 6.30. The Bertz CT molecular complexity index is 1170. The van der Waals surface area contributed by atoms with Gasteiger partial charge >= 0.3 is 5.69 Å². The van der Waals surface area contributed by atoms with Gasteiger partial charge in [0.05, 0.1) is 18.7 Å². The maximum absolute atomic E-state index is 13.1. The molecule has 0 aliphatic carbocycles. The van der Waals surface area contributed by atoms with Crippen LogP contribution in [0.1, 0.15) is 38.4 Å². The molecule has 1 aliphatic rings. The second-order valence-corrected chi connectivity index (χ2v) is 7.27. The van der Waals surface area contributed by atoms with Crippen LogP contribution in [0.3, 0.4) is 0 Å². The number of rotatable bonds is 4. The minimum absolute atomic E-state index is 0.123. The molecule has 1 saturated heterocycles. The number of aromatic nitrogens is 5. The molecule has 4 rings (SSSR count). The van der Waals surface area contributed by atoms with Crippen LogP contribution in [0.4, 0.5) is 0 Å². The molecule has 3 aromatic heterocycles. The number of nitrogens with zero attached hydrogens (tertiary/aromatic N) is 5. The normalized spacial score (nSPS) is 18.6. The Hall–Kier alpha value is -2.68. The predicted molar refractivity (Wildman–Crippen MR) is 99.3 cm³/mol. The molecule has 0 N–H and O–H groups in total. The van der Waals surface area contributed by atoms with Gasteiger partial charge in [0, 0.05) is 25.5 Å². The number of ether oxygens (including phenoxy) is 1. The lowest BCUT2D eigenvalue weighted by atomic mass is 10.2. The Balaban J connectivity index is 2.00. The van der Waals surface area contributed by atoms with E-state index in [1.807, 2.05) is 17.7 Å². The fraction of sp³-hybridized carbons (Fsp3) is 0.556. The molecule has 0 aromatic carbocycles. The SMILES string of the molecule is CC(=O)C(C)n1c(=O)c2c(nc3n(CC4CCCO4)c(C)cn23)n(C)c1=O. The van der Waals surface area contributed by atoms with Crippen LogP contribution >= 0.6 is 0 Å². The van der Waals surface area contributed by atoms with E-state index in [4.69, 9.17) is 4.74 Å². The summed E-state index contributed by atoms with van der Waals surface area (Å²) in [5.41, 5.74) is 0.521. The van der Waals surface area contributed by atoms with E-state index < -0.39 is 17.3 Å². The summed E-state index contributed by atoms with van der Waals surface area (Å²) in [4.78, 5) is 42.1. The largest absolute Gasteiger partial charge is 0.376 e. The third kappa shape index (κ3) is 2.56. The number of hydrogen-bond donors (Lipinski definition) is 0. The summed E-state index contributed by atoms with van der Waals surface area (Å²) in [7, 11) is 1.57. The molecular weight excluding hydrogens is 350 g/mol. The van der Waals surface area contributed by atoms with Gasteiger partial charge in [-0.25, -0.2) is 9.36 Å². The van der Waals surface area contributed by atoms with Gasteiger partial charge in [-0.15, -0.1) is 0 Å². The van der Waals surface area contributed by atoms with Crippen molar-refractivity contribution in [3.05, 3.63) is 32.7 Å². The first-order valence-corrected chi connectivity index (χ1v) is 9.12. The van der Waals surface area contributed by atoms with Gasteiger partial charge in [-0.05, 0) is 33.6 Å². The van der Waals surface area contributed by atoms with Crippen molar-refractivity contribution in [1.29, 1.82) is 0 Å². The molecule has 4 heterocycles. The Morgan fingerprint density at radius 1 is 1.41 bits per heavy atom. The third-order valence-corrected chi connectivity index (χ3v) is 5.48. The molecule has 3 aromatic rings. The van der Waals surface area contributed by atoms with Gasteiger partial charge in [0.1, 0.15) is 0 Å². The van der Waals surface area contributed by atoms with Gasteiger partial charge in [-0.2, -0.15) is 4.98 Å². The van der Waals surface area contributed by atoms with Crippen molar-refractivity contribution in [2.75, 3.05) is 6.61 Å². The molecule has 2 atom stereocenters. The molecule has 144 valence electrons. The number of imidazole rings is 2. The lowest BCUT2D eigenvalue weighted by Gasteiger charge is -2.12. The first-order valence-electron chi connectivity index (χ1n) is 9.12. The van der Waals surface area contributed by atoms with Crippen LogP contribution in [0, 0.1) is 6.92 Å². The van der Waals surface area contributed by atoms with Crippen molar-refractivity contribution in [2.24, 2.45) is 7.05 Å². The van der Waals surface area contributed by atoms with Crippen LogP contribution in [0.15, 0.2) is 15.8 Å². The zero-order valence-electron chi connectivity index (χ0n) is 15.9. The monoisotopic (exact) mass is 373 g/mol. The lowest BCUT2D eigenvalue weighted by Crippen LogP contribution is -2.42. The molecule has 0 amide bonds. The molecule has 9 heteroatoms. The van der Waals surface area contributed by atoms with Crippen molar-refractivity contribution in [2.45, 2.75) is 52.3 Å². The Labute approximate surface area is 154 Å². The van der Waals surface area contributed by atoms with E-state index in [0.717, 1.165) is 29.7 Å². The molecule has 0 saturated carbocycles. The molecule has 2 unspecified atom stereocenters. The highest BCUT2D eigenvalue weighted by atomic mass is 16.5. The van der Waals surface area contributed by atoms with Crippen LogP contribution < -0.4 is 11.2 Å². The van der Waals surface area contributed by atoms with Crippen LogP contribution in [0.2, 0.25) is 0 Å². The highest BCUT2D eigenvalue weighted by Gasteiger charge is 2.25. The van der Waals surface area contributed by atoms with E-state index in [-0.39, 0.29) is 11.9 Å². The Morgan fingerprint density at radius 3 is 2.78 bits per heavy atom. The van der Waals surface area contributed by atoms with Crippen molar-refractivity contribution in [1.82, 2.24) is 23.1 Å². The third-order valence-electron chi connectivity index (χ3n) is 5.48.